The Kier molecular flexibility index (Phi) is 6.04. The van der Waals surface area contributed by atoms with Gasteiger partial charge in [-0.2, -0.15) is 5.10 Å². The van der Waals surface area contributed by atoms with Crippen molar-refractivity contribution in [3.8, 4) is 11.3 Å². The Morgan fingerprint density at radius 3 is 2.62 bits per heavy atom. The van der Waals surface area contributed by atoms with Crippen LogP contribution in [0.3, 0.4) is 0 Å². The summed E-state index contributed by atoms with van der Waals surface area (Å²) in [6.07, 6.45) is 8.67. The van der Waals surface area contributed by atoms with Crippen LogP contribution in [0.25, 0.3) is 27.1 Å². The molecule has 0 radical (unpaired) electrons. The normalized spacial score (nSPS) is 22.7. The summed E-state index contributed by atoms with van der Waals surface area (Å²) in [5.41, 5.74) is 8.56. The van der Waals surface area contributed by atoms with Crippen LogP contribution >= 0.6 is 11.3 Å². The average molecular weight is 540 g/mol. The van der Waals surface area contributed by atoms with Crippen LogP contribution in [0.15, 0.2) is 12.5 Å². The number of nitrogens with zero attached hydrogens (tertiary/aromatic N) is 4. The molecule has 7 nitrogen and oxygen atoms in total. The molecule has 198 valence electrons. The van der Waals surface area contributed by atoms with Crippen molar-refractivity contribution < 1.29 is 8.42 Å². The third-order valence-electron chi connectivity index (χ3n) is 8.97. The van der Waals surface area contributed by atoms with Gasteiger partial charge in [0.1, 0.15) is 21.0 Å². The summed E-state index contributed by atoms with van der Waals surface area (Å²) in [7, 11) is -2.93. The fourth-order valence-electron chi connectivity index (χ4n) is 6.94. The molecule has 3 atom stereocenters. The number of piperidine rings is 2. The van der Waals surface area contributed by atoms with E-state index in [-0.39, 0.29) is 5.75 Å². The highest BCUT2D eigenvalue weighted by Crippen LogP contribution is 2.51. The van der Waals surface area contributed by atoms with Crippen LogP contribution in [0.1, 0.15) is 72.1 Å². The van der Waals surface area contributed by atoms with Crippen molar-refractivity contribution in [3.05, 3.63) is 39.7 Å². The van der Waals surface area contributed by atoms with E-state index < -0.39 is 9.84 Å². The molecule has 6 heterocycles. The molecule has 0 spiro atoms. The van der Waals surface area contributed by atoms with E-state index in [1.54, 1.807) is 6.33 Å². The molecule has 1 saturated carbocycles. The highest BCUT2D eigenvalue weighted by molar-refractivity contribution is 7.90. The maximum atomic E-state index is 11.8. The van der Waals surface area contributed by atoms with Crippen LogP contribution in [0.4, 0.5) is 0 Å². The van der Waals surface area contributed by atoms with Gasteiger partial charge in [-0.3, -0.25) is 4.90 Å². The lowest BCUT2D eigenvalue weighted by atomic mass is 9.70. The molecule has 4 aromatic heterocycles. The topological polar surface area (TPSA) is 83.4 Å². The van der Waals surface area contributed by atoms with Crippen LogP contribution in [0, 0.1) is 26.7 Å². The molecule has 4 aromatic rings. The van der Waals surface area contributed by atoms with Crippen LogP contribution in [0.5, 0.6) is 0 Å². The molecule has 37 heavy (non-hydrogen) atoms. The first-order chi connectivity index (χ1) is 17.5. The van der Waals surface area contributed by atoms with Crippen LogP contribution in [-0.4, -0.2) is 64.0 Å². The predicted octanol–water partition coefficient (Wildman–Crippen LogP) is 5.60. The summed E-state index contributed by atoms with van der Waals surface area (Å²) >= 11 is 1.95. The van der Waals surface area contributed by atoms with Crippen LogP contribution < -0.4 is 0 Å². The number of hydrogen-bond donors (Lipinski definition) is 1. The third-order valence-corrected chi connectivity index (χ3v) is 11.2. The number of aromatic nitrogens is 4. The monoisotopic (exact) mass is 539 g/mol. The number of H-pyrrole nitrogens is 1. The molecule has 1 N–H and O–H groups in total. The van der Waals surface area contributed by atoms with Crippen LogP contribution in [0.2, 0.25) is 0 Å². The zero-order chi connectivity index (χ0) is 26.2. The van der Waals surface area contributed by atoms with Gasteiger partial charge in [-0.25, -0.2) is 17.9 Å². The van der Waals surface area contributed by atoms with Gasteiger partial charge in [0.25, 0.3) is 0 Å². The number of pyridine rings is 1. The summed E-state index contributed by atoms with van der Waals surface area (Å²) < 4.78 is 25.4. The molecule has 0 aromatic carbocycles. The Balaban J connectivity index is 1.38. The van der Waals surface area contributed by atoms with Crippen molar-refractivity contribution in [1.82, 2.24) is 24.5 Å². The van der Waals surface area contributed by atoms with Gasteiger partial charge in [0.05, 0.1) is 11.4 Å². The average Bonchev–Trinajstić information content (AvgIpc) is 3.54. The van der Waals surface area contributed by atoms with Crippen molar-refractivity contribution in [2.75, 3.05) is 25.1 Å². The highest BCUT2D eigenvalue weighted by atomic mass is 32.2. The van der Waals surface area contributed by atoms with Gasteiger partial charge in [-0.05, 0) is 80.0 Å². The molecule has 0 unspecified atom stereocenters. The maximum Gasteiger partial charge on any atom is 0.158 e. The Bertz CT molecular complexity index is 1610. The Morgan fingerprint density at radius 1 is 1.16 bits per heavy atom. The molecule has 9 heteroatoms. The third kappa shape index (κ3) is 4.14. The number of hydrogen-bond acceptors (Lipinski definition) is 6. The van der Waals surface area contributed by atoms with Gasteiger partial charge in [0, 0.05) is 47.4 Å². The first-order valence-electron chi connectivity index (χ1n) is 13.4. The molecule has 7 rings (SSSR count). The van der Waals surface area contributed by atoms with E-state index in [9.17, 15) is 8.42 Å². The Morgan fingerprint density at radius 2 is 1.95 bits per heavy atom. The number of aromatic amines is 1. The van der Waals surface area contributed by atoms with Gasteiger partial charge in [-0.15, -0.1) is 11.3 Å². The van der Waals surface area contributed by atoms with E-state index in [1.807, 2.05) is 15.9 Å². The van der Waals surface area contributed by atoms with E-state index in [0.29, 0.717) is 30.3 Å². The van der Waals surface area contributed by atoms with Crippen molar-refractivity contribution in [3.63, 3.8) is 0 Å². The Hall–Kier alpha value is -2.23. The summed E-state index contributed by atoms with van der Waals surface area (Å²) in [5, 5.41) is 5.83. The molecule has 2 saturated heterocycles. The maximum absolute atomic E-state index is 11.8. The molecular formula is C28H37N5O2S2. The van der Waals surface area contributed by atoms with Crippen molar-refractivity contribution in [1.29, 1.82) is 0 Å². The van der Waals surface area contributed by atoms with Gasteiger partial charge in [-0.1, -0.05) is 13.8 Å². The molecule has 1 aliphatic carbocycles. The first-order valence-corrected chi connectivity index (χ1v) is 16.3. The minimum absolute atomic E-state index is 0.266. The van der Waals surface area contributed by atoms with Gasteiger partial charge in [0.2, 0.25) is 0 Å². The van der Waals surface area contributed by atoms with Crippen LogP contribution in [-0.2, 0) is 9.84 Å². The predicted molar refractivity (Wildman–Crippen MR) is 152 cm³/mol. The van der Waals surface area contributed by atoms with Gasteiger partial charge >= 0.3 is 0 Å². The van der Waals surface area contributed by atoms with E-state index in [4.69, 9.17) is 0 Å². The van der Waals surface area contributed by atoms with E-state index in [0.717, 1.165) is 18.6 Å². The minimum atomic E-state index is -2.93. The van der Waals surface area contributed by atoms with E-state index >= 15 is 0 Å². The van der Waals surface area contributed by atoms with E-state index in [1.165, 1.54) is 67.7 Å². The fraction of sp³-hybridized carbons (Fsp3) is 0.571. The first kappa shape index (κ1) is 25.1. The quantitative estimate of drug-likeness (QED) is 0.345. The second-order valence-corrected chi connectivity index (χ2v) is 15.0. The number of aryl methyl sites for hydroxylation is 2. The lowest BCUT2D eigenvalue weighted by Gasteiger charge is -2.49. The standard InChI is InChI=1S/C28H37N5O2S2/c1-15(2)23-24-18(5)26(21-11-20-8-7-19(21)12-32(20)9-10-37(6,34)35)36-28(24)31-25(23)22-13-33-27(29-14-30-33)17(4)16(22)3/h13-15,19-21,31H,7-12H2,1-6H3/t19-,20-,21+/m0/s1. The van der Waals surface area contributed by atoms with Crippen molar-refractivity contribution in [2.45, 2.75) is 71.8 Å². The number of rotatable bonds is 6. The lowest BCUT2D eigenvalue weighted by molar-refractivity contribution is 0.0377. The van der Waals surface area contributed by atoms with Gasteiger partial charge < -0.3 is 4.98 Å². The fourth-order valence-corrected chi connectivity index (χ4v) is 8.94. The lowest BCUT2D eigenvalue weighted by Crippen LogP contribution is -2.52. The molecule has 2 bridgehead atoms. The molecule has 3 fully saturated rings. The molecule has 2 aliphatic heterocycles. The molecular weight excluding hydrogens is 502 g/mol. The molecule has 0 amide bonds. The summed E-state index contributed by atoms with van der Waals surface area (Å²) in [5.74, 6) is 1.82. The SMILES string of the molecule is Cc1c(-c2[nH]c3sc([C@@H]4C[C@@H]5CC[C@H]4CN5CCS(C)(=O)=O)c(C)c3c2C(C)C)cn2ncnc2c1C. The minimum Gasteiger partial charge on any atom is -0.346 e. The Labute approximate surface area is 223 Å². The summed E-state index contributed by atoms with van der Waals surface area (Å²) in [6.45, 7) is 12.9. The zero-order valence-electron chi connectivity index (χ0n) is 22.6. The van der Waals surface area contributed by atoms with Crippen molar-refractivity contribution in [2.24, 2.45) is 5.92 Å². The number of fused-ring (bicyclic) bond motifs is 5. The summed E-state index contributed by atoms with van der Waals surface area (Å²) in [4.78, 5) is 13.6. The number of nitrogens with one attached hydrogen (secondary N) is 1. The smallest absolute Gasteiger partial charge is 0.158 e. The number of thiophene rings is 1. The largest absolute Gasteiger partial charge is 0.346 e. The highest BCUT2D eigenvalue weighted by Gasteiger charge is 2.42. The summed E-state index contributed by atoms with van der Waals surface area (Å²) in [6, 6.07) is 0.497. The number of sulfone groups is 1. The second kappa shape index (κ2) is 8.92. The van der Waals surface area contributed by atoms with Gasteiger partial charge in [0.15, 0.2) is 5.65 Å². The molecule has 3 aliphatic rings. The van der Waals surface area contributed by atoms with Crippen molar-refractivity contribution >= 4 is 37.0 Å². The zero-order valence-corrected chi connectivity index (χ0v) is 24.3. The van der Waals surface area contributed by atoms with E-state index in [2.05, 4.69) is 60.8 Å². The second-order valence-electron chi connectivity index (χ2n) is 11.6.